The van der Waals surface area contributed by atoms with E-state index >= 15 is 0 Å². The lowest BCUT2D eigenvalue weighted by Crippen LogP contribution is -2.34. The van der Waals surface area contributed by atoms with Crippen molar-refractivity contribution >= 4 is 16.0 Å². The van der Waals surface area contributed by atoms with Gasteiger partial charge in [-0.25, -0.2) is 8.42 Å². The van der Waals surface area contributed by atoms with Crippen molar-refractivity contribution in [3.63, 3.8) is 0 Å². The van der Waals surface area contributed by atoms with E-state index in [0.29, 0.717) is 22.4 Å². The molecule has 0 aliphatic heterocycles. The smallest absolute Gasteiger partial charge is 0.326 e. The normalized spacial score (nSPS) is 12.6. The molecule has 0 aromatic heterocycles. The van der Waals surface area contributed by atoms with Gasteiger partial charge in [-0.3, -0.25) is 4.79 Å². The molecule has 0 saturated carbocycles. The summed E-state index contributed by atoms with van der Waals surface area (Å²) in [5.74, 6) is -0.725. The maximum Gasteiger partial charge on any atom is 0.326 e. The van der Waals surface area contributed by atoms with Crippen LogP contribution < -0.4 is 9.46 Å². The van der Waals surface area contributed by atoms with Crippen LogP contribution in [-0.4, -0.2) is 26.6 Å². The van der Waals surface area contributed by atoms with Gasteiger partial charge in [-0.1, -0.05) is 29.8 Å². The maximum atomic E-state index is 12.8. The number of nitrogens with one attached hydrogen (secondary N) is 1. The number of aryl methyl sites for hydroxylation is 3. The van der Waals surface area contributed by atoms with E-state index in [2.05, 4.69) is 4.72 Å². The Morgan fingerprint density at radius 2 is 1.60 bits per heavy atom. The summed E-state index contributed by atoms with van der Waals surface area (Å²) in [6, 6.07) is 8.33. The van der Waals surface area contributed by atoms with Crippen molar-refractivity contribution in [2.75, 3.05) is 7.11 Å². The van der Waals surface area contributed by atoms with Gasteiger partial charge in [0.2, 0.25) is 10.0 Å². The fraction of sp³-hybridized carbons (Fsp3) is 0.278. The fourth-order valence-electron chi connectivity index (χ4n) is 2.86. The molecule has 7 heteroatoms. The van der Waals surface area contributed by atoms with Crippen molar-refractivity contribution in [3.05, 3.63) is 58.7 Å². The van der Waals surface area contributed by atoms with Crippen molar-refractivity contribution in [2.24, 2.45) is 0 Å². The van der Waals surface area contributed by atoms with Crippen LogP contribution in [0.1, 0.15) is 28.3 Å². The minimum atomic E-state index is -4.01. The molecule has 2 aromatic rings. The Hall–Kier alpha value is -2.38. The van der Waals surface area contributed by atoms with E-state index in [1.807, 2.05) is 6.92 Å². The minimum Gasteiger partial charge on any atom is -0.497 e. The van der Waals surface area contributed by atoms with Crippen molar-refractivity contribution in [1.29, 1.82) is 0 Å². The zero-order valence-corrected chi connectivity index (χ0v) is 15.3. The molecular formula is C18H21NO5S. The summed E-state index contributed by atoms with van der Waals surface area (Å²) >= 11 is 0. The number of aliphatic carboxylic acids is 1. The number of ether oxygens (including phenoxy) is 1. The number of benzene rings is 2. The number of carboxylic acids is 1. The number of carbonyl (C=O) groups is 1. The van der Waals surface area contributed by atoms with Crippen LogP contribution in [0.3, 0.4) is 0 Å². The molecule has 0 radical (unpaired) electrons. The Balaban J connectivity index is 2.43. The van der Waals surface area contributed by atoms with E-state index in [-0.39, 0.29) is 4.90 Å². The van der Waals surface area contributed by atoms with Crippen LogP contribution in [0.5, 0.6) is 5.75 Å². The first-order valence-electron chi connectivity index (χ1n) is 7.62. The van der Waals surface area contributed by atoms with Crippen LogP contribution in [-0.2, 0) is 14.8 Å². The molecule has 0 saturated heterocycles. The highest BCUT2D eigenvalue weighted by Gasteiger charge is 2.29. The summed E-state index contributed by atoms with van der Waals surface area (Å²) in [6.45, 7) is 5.26. The highest BCUT2D eigenvalue weighted by Crippen LogP contribution is 2.25. The molecule has 1 atom stereocenters. The molecule has 2 aromatic carbocycles. The summed E-state index contributed by atoms with van der Waals surface area (Å²) in [6.07, 6.45) is 0. The molecule has 0 amide bonds. The van der Waals surface area contributed by atoms with Gasteiger partial charge in [0, 0.05) is 0 Å². The molecule has 134 valence electrons. The molecule has 2 N–H and O–H groups in total. The lowest BCUT2D eigenvalue weighted by atomic mass is 10.1. The molecule has 0 aliphatic rings. The molecule has 0 bridgehead atoms. The summed E-state index contributed by atoms with van der Waals surface area (Å²) in [5, 5.41) is 9.49. The summed E-state index contributed by atoms with van der Waals surface area (Å²) in [7, 11) is -2.51. The summed E-state index contributed by atoms with van der Waals surface area (Å²) in [4.78, 5) is 11.7. The van der Waals surface area contributed by atoms with Gasteiger partial charge in [0.15, 0.2) is 0 Å². The Bertz CT molecular complexity index is 865. The molecule has 6 nitrogen and oxygen atoms in total. The molecule has 0 heterocycles. The Morgan fingerprint density at radius 3 is 2.04 bits per heavy atom. The number of carboxylic acid groups (broad SMARTS) is 1. The standard InChI is InChI=1S/C18H21NO5S/c1-11-9-12(2)17(13(3)10-11)25(22,23)19-16(18(20)21)14-5-7-15(24-4)8-6-14/h5-10,16,19H,1-4H3,(H,20,21)/t16-/m1/s1. The van der Waals surface area contributed by atoms with E-state index in [9.17, 15) is 18.3 Å². The van der Waals surface area contributed by atoms with Crippen molar-refractivity contribution < 1.29 is 23.1 Å². The fourth-order valence-corrected chi connectivity index (χ4v) is 4.49. The average molecular weight is 363 g/mol. The lowest BCUT2D eigenvalue weighted by molar-refractivity contribution is -0.139. The summed E-state index contributed by atoms with van der Waals surface area (Å²) in [5.41, 5.74) is 2.41. The van der Waals surface area contributed by atoms with Gasteiger partial charge in [-0.2, -0.15) is 4.72 Å². The number of sulfonamides is 1. The van der Waals surface area contributed by atoms with Crippen LogP contribution in [0.25, 0.3) is 0 Å². The van der Waals surface area contributed by atoms with Crippen LogP contribution in [0.15, 0.2) is 41.3 Å². The molecular weight excluding hydrogens is 342 g/mol. The Labute approximate surface area is 147 Å². The van der Waals surface area contributed by atoms with Gasteiger partial charge in [0.05, 0.1) is 12.0 Å². The SMILES string of the molecule is COc1ccc([C@@H](NS(=O)(=O)c2c(C)cc(C)cc2C)C(=O)O)cc1. The largest absolute Gasteiger partial charge is 0.497 e. The summed E-state index contributed by atoms with van der Waals surface area (Å²) < 4.78 is 32.9. The predicted molar refractivity (Wildman–Crippen MR) is 94.3 cm³/mol. The van der Waals surface area contributed by atoms with Crippen LogP contribution in [0, 0.1) is 20.8 Å². The van der Waals surface area contributed by atoms with Gasteiger partial charge in [0.25, 0.3) is 0 Å². The van der Waals surface area contributed by atoms with Crippen molar-refractivity contribution in [2.45, 2.75) is 31.7 Å². The Kier molecular flexibility index (Phi) is 5.49. The first kappa shape index (κ1) is 19.0. The number of hydrogen-bond acceptors (Lipinski definition) is 4. The van der Waals surface area contributed by atoms with E-state index < -0.39 is 22.0 Å². The molecule has 2 rings (SSSR count). The number of rotatable bonds is 6. The highest BCUT2D eigenvalue weighted by atomic mass is 32.2. The number of hydrogen-bond donors (Lipinski definition) is 2. The molecule has 25 heavy (non-hydrogen) atoms. The van der Waals surface area contributed by atoms with Crippen LogP contribution >= 0.6 is 0 Å². The third-order valence-electron chi connectivity index (χ3n) is 3.84. The predicted octanol–water partition coefficient (Wildman–Crippen LogP) is 2.72. The second kappa shape index (κ2) is 7.25. The second-order valence-electron chi connectivity index (χ2n) is 5.89. The van der Waals surface area contributed by atoms with Crippen molar-refractivity contribution in [3.8, 4) is 5.75 Å². The second-order valence-corrected chi connectivity index (χ2v) is 7.54. The van der Waals surface area contributed by atoms with Crippen LogP contribution in [0.4, 0.5) is 0 Å². The third-order valence-corrected chi connectivity index (χ3v) is 5.57. The molecule has 0 aliphatic carbocycles. The van der Waals surface area contributed by atoms with E-state index in [0.717, 1.165) is 5.56 Å². The van der Waals surface area contributed by atoms with Gasteiger partial charge in [0.1, 0.15) is 11.8 Å². The number of methoxy groups -OCH3 is 1. The third kappa shape index (κ3) is 4.18. The van der Waals surface area contributed by atoms with Crippen molar-refractivity contribution in [1.82, 2.24) is 4.72 Å². The molecule has 0 fully saturated rings. The topological polar surface area (TPSA) is 92.7 Å². The van der Waals surface area contributed by atoms with E-state index in [1.54, 1.807) is 38.1 Å². The maximum absolute atomic E-state index is 12.8. The molecule has 0 unspecified atom stereocenters. The quantitative estimate of drug-likeness (QED) is 0.823. The van der Waals surface area contributed by atoms with Gasteiger partial charge in [-0.15, -0.1) is 0 Å². The van der Waals surface area contributed by atoms with E-state index in [4.69, 9.17) is 4.74 Å². The van der Waals surface area contributed by atoms with Crippen LogP contribution in [0.2, 0.25) is 0 Å². The average Bonchev–Trinajstić information content (AvgIpc) is 2.51. The van der Waals surface area contributed by atoms with Gasteiger partial charge < -0.3 is 9.84 Å². The molecule has 0 spiro atoms. The highest BCUT2D eigenvalue weighted by molar-refractivity contribution is 7.89. The first-order valence-corrected chi connectivity index (χ1v) is 9.11. The zero-order chi connectivity index (χ0) is 18.8. The Morgan fingerprint density at radius 1 is 1.08 bits per heavy atom. The monoisotopic (exact) mass is 363 g/mol. The lowest BCUT2D eigenvalue weighted by Gasteiger charge is -2.18. The minimum absolute atomic E-state index is 0.109. The van der Waals surface area contributed by atoms with Gasteiger partial charge in [-0.05, 0) is 49.6 Å². The first-order chi connectivity index (χ1) is 11.7. The zero-order valence-electron chi connectivity index (χ0n) is 14.5. The van der Waals surface area contributed by atoms with Gasteiger partial charge >= 0.3 is 5.97 Å². The van der Waals surface area contributed by atoms with E-state index in [1.165, 1.54) is 19.2 Å².